The fourth-order valence-electron chi connectivity index (χ4n) is 3.28. The standard InChI is InChI=1S/C20H31ClN4O2/c1-3-22-20(23-9-11-27-14-15-4-5-15)24-17-8-10-25(13-17)18-12-16(21)6-7-19(18)26-2/h6-7,12,15,17H,3-5,8-11,13-14H2,1-2H3,(H2,22,23,24). The Morgan fingerprint density at radius 2 is 2.19 bits per heavy atom. The van der Waals surface area contributed by atoms with Crippen LogP contribution in [0.5, 0.6) is 5.75 Å². The number of hydrogen-bond acceptors (Lipinski definition) is 4. The number of aliphatic imine (C=N–C) groups is 1. The molecule has 0 amide bonds. The molecule has 2 N–H and O–H groups in total. The molecule has 0 aromatic heterocycles. The smallest absolute Gasteiger partial charge is 0.191 e. The molecule has 0 spiro atoms. The zero-order valence-electron chi connectivity index (χ0n) is 16.3. The highest BCUT2D eigenvalue weighted by Crippen LogP contribution is 2.33. The normalized spacial score (nSPS) is 20.0. The number of rotatable bonds is 9. The van der Waals surface area contributed by atoms with E-state index in [9.17, 15) is 0 Å². The number of nitrogens with one attached hydrogen (secondary N) is 2. The summed E-state index contributed by atoms with van der Waals surface area (Å²) in [6.07, 6.45) is 3.68. The second-order valence-corrected chi connectivity index (χ2v) is 7.61. The fraction of sp³-hybridized carbons (Fsp3) is 0.650. The molecule has 27 heavy (non-hydrogen) atoms. The van der Waals surface area contributed by atoms with Crippen LogP contribution in [0, 0.1) is 5.92 Å². The topological polar surface area (TPSA) is 58.1 Å². The Morgan fingerprint density at radius 1 is 1.33 bits per heavy atom. The number of nitrogens with zero attached hydrogens (tertiary/aromatic N) is 2. The van der Waals surface area contributed by atoms with E-state index < -0.39 is 0 Å². The maximum atomic E-state index is 6.18. The van der Waals surface area contributed by atoms with E-state index in [4.69, 9.17) is 21.1 Å². The molecule has 150 valence electrons. The molecule has 1 aliphatic carbocycles. The lowest BCUT2D eigenvalue weighted by Crippen LogP contribution is -2.44. The molecule has 0 radical (unpaired) electrons. The summed E-state index contributed by atoms with van der Waals surface area (Å²) in [6.45, 7) is 7.02. The fourth-order valence-corrected chi connectivity index (χ4v) is 3.44. The van der Waals surface area contributed by atoms with Crippen LogP contribution in [-0.2, 0) is 4.74 Å². The van der Waals surface area contributed by atoms with Crippen molar-refractivity contribution in [1.82, 2.24) is 10.6 Å². The summed E-state index contributed by atoms with van der Waals surface area (Å²) in [5, 5.41) is 7.60. The molecule has 6 nitrogen and oxygen atoms in total. The first kappa shape index (κ1) is 20.1. The minimum atomic E-state index is 0.332. The van der Waals surface area contributed by atoms with Crippen LogP contribution in [0.25, 0.3) is 0 Å². The summed E-state index contributed by atoms with van der Waals surface area (Å²) in [5.74, 6) is 2.51. The molecule has 2 fully saturated rings. The molecule has 3 rings (SSSR count). The van der Waals surface area contributed by atoms with Gasteiger partial charge in [0, 0.05) is 37.3 Å². The third-order valence-corrected chi connectivity index (χ3v) is 5.15. The number of anilines is 1. The van der Waals surface area contributed by atoms with Gasteiger partial charge in [-0.25, -0.2) is 0 Å². The average molecular weight is 395 g/mol. The van der Waals surface area contributed by atoms with Gasteiger partial charge in [-0.2, -0.15) is 0 Å². The molecule has 1 aromatic carbocycles. The van der Waals surface area contributed by atoms with Crippen molar-refractivity contribution in [2.75, 3.05) is 51.4 Å². The van der Waals surface area contributed by atoms with Gasteiger partial charge in [-0.1, -0.05) is 11.6 Å². The second kappa shape index (κ2) is 10.0. The third kappa shape index (κ3) is 6.18. The summed E-state index contributed by atoms with van der Waals surface area (Å²) in [5.41, 5.74) is 1.05. The van der Waals surface area contributed by atoms with Crippen molar-refractivity contribution in [2.24, 2.45) is 10.9 Å². The molecule has 1 unspecified atom stereocenters. The predicted molar refractivity (Wildman–Crippen MR) is 111 cm³/mol. The molecule has 7 heteroatoms. The molecule has 1 aliphatic heterocycles. The van der Waals surface area contributed by atoms with Gasteiger partial charge in [0.2, 0.25) is 0 Å². The number of halogens is 1. The molecule has 1 saturated heterocycles. The van der Waals surface area contributed by atoms with Crippen LogP contribution in [0.15, 0.2) is 23.2 Å². The van der Waals surface area contributed by atoms with E-state index in [0.717, 1.165) is 61.0 Å². The Labute approximate surface area is 167 Å². The van der Waals surface area contributed by atoms with Crippen molar-refractivity contribution in [2.45, 2.75) is 32.2 Å². The summed E-state index contributed by atoms with van der Waals surface area (Å²) < 4.78 is 11.2. The van der Waals surface area contributed by atoms with E-state index in [0.29, 0.717) is 19.2 Å². The molecule has 0 bridgehead atoms. The van der Waals surface area contributed by atoms with E-state index >= 15 is 0 Å². The number of ether oxygens (including phenoxy) is 2. The third-order valence-electron chi connectivity index (χ3n) is 4.91. The summed E-state index contributed by atoms with van der Waals surface area (Å²) in [6, 6.07) is 6.08. The number of methoxy groups -OCH3 is 1. The largest absolute Gasteiger partial charge is 0.495 e. The first-order valence-corrected chi connectivity index (χ1v) is 10.3. The van der Waals surface area contributed by atoms with Gasteiger partial charge < -0.3 is 25.0 Å². The Hall–Kier alpha value is -1.66. The number of benzene rings is 1. The predicted octanol–water partition coefficient (Wildman–Crippen LogP) is 2.91. The Kier molecular flexibility index (Phi) is 7.47. The highest BCUT2D eigenvalue weighted by Gasteiger charge is 2.25. The molecule has 1 aromatic rings. The van der Waals surface area contributed by atoms with Crippen molar-refractivity contribution < 1.29 is 9.47 Å². The summed E-state index contributed by atoms with van der Waals surface area (Å²) >= 11 is 6.18. The van der Waals surface area contributed by atoms with E-state index in [1.54, 1.807) is 7.11 Å². The van der Waals surface area contributed by atoms with Crippen LogP contribution < -0.4 is 20.3 Å². The Balaban J connectivity index is 1.50. The van der Waals surface area contributed by atoms with Crippen LogP contribution in [0.1, 0.15) is 26.2 Å². The number of guanidine groups is 1. The van der Waals surface area contributed by atoms with Crippen molar-refractivity contribution in [3.63, 3.8) is 0 Å². The van der Waals surface area contributed by atoms with Crippen molar-refractivity contribution in [3.05, 3.63) is 23.2 Å². The molecule has 2 aliphatic rings. The first-order valence-electron chi connectivity index (χ1n) is 9.90. The SMILES string of the molecule is CCNC(=NCCOCC1CC1)NC1CCN(c2cc(Cl)ccc2OC)C1. The lowest BCUT2D eigenvalue weighted by molar-refractivity contribution is 0.131. The van der Waals surface area contributed by atoms with Crippen LogP contribution in [0.3, 0.4) is 0 Å². The van der Waals surface area contributed by atoms with Crippen molar-refractivity contribution in [3.8, 4) is 5.75 Å². The van der Waals surface area contributed by atoms with Crippen LogP contribution in [0.4, 0.5) is 5.69 Å². The van der Waals surface area contributed by atoms with Gasteiger partial charge in [0.05, 0.1) is 25.9 Å². The number of hydrogen-bond donors (Lipinski definition) is 2. The minimum absolute atomic E-state index is 0.332. The van der Waals surface area contributed by atoms with Crippen LogP contribution in [0.2, 0.25) is 5.02 Å². The first-order chi connectivity index (χ1) is 13.2. The molecular formula is C20H31ClN4O2. The molecule has 1 atom stereocenters. The molecular weight excluding hydrogens is 364 g/mol. The highest BCUT2D eigenvalue weighted by atomic mass is 35.5. The van der Waals surface area contributed by atoms with Gasteiger partial charge in [0.15, 0.2) is 5.96 Å². The Bertz CT molecular complexity index is 636. The lowest BCUT2D eigenvalue weighted by Gasteiger charge is -2.22. The maximum Gasteiger partial charge on any atom is 0.191 e. The van der Waals surface area contributed by atoms with Gasteiger partial charge in [-0.05, 0) is 50.3 Å². The molecule has 1 saturated carbocycles. The van der Waals surface area contributed by atoms with Gasteiger partial charge in [-0.3, -0.25) is 4.99 Å². The van der Waals surface area contributed by atoms with E-state index in [1.165, 1.54) is 12.8 Å². The van der Waals surface area contributed by atoms with Gasteiger partial charge >= 0.3 is 0 Å². The minimum Gasteiger partial charge on any atom is -0.495 e. The highest BCUT2D eigenvalue weighted by molar-refractivity contribution is 6.30. The van der Waals surface area contributed by atoms with Crippen LogP contribution in [-0.4, -0.2) is 58.5 Å². The quantitative estimate of drug-likeness (QED) is 0.383. The van der Waals surface area contributed by atoms with Gasteiger partial charge in [-0.15, -0.1) is 0 Å². The van der Waals surface area contributed by atoms with E-state index in [2.05, 4.69) is 27.4 Å². The zero-order chi connectivity index (χ0) is 19.1. The van der Waals surface area contributed by atoms with Gasteiger partial charge in [0.1, 0.15) is 5.75 Å². The van der Waals surface area contributed by atoms with Gasteiger partial charge in [0.25, 0.3) is 0 Å². The van der Waals surface area contributed by atoms with Crippen molar-refractivity contribution >= 4 is 23.2 Å². The van der Waals surface area contributed by atoms with E-state index in [1.807, 2.05) is 18.2 Å². The summed E-state index contributed by atoms with van der Waals surface area (Å²) in [7, 11) is 1.69. The zero-order valence-corrected chi connectivity index (χ0v) is 17.1. The average Bonchev–Trinajstić information content (AvgIpc) is 3.38. The lowest BCUT2D eigenvalue weighted by atomic mass is 10.2. The Morgan fingerprint density at radius 3 is 2.93 bits per heavy atom. The van der Waals surface area contributed by atoms with E-state index in [-0.39, 0.29) is 0 Å². The second-order valence-electron chi connectivity index (χ2n) is 7.17. The maximum absolute atomic E-state index is 6.18. The summed E-state index contributed by atoms with van der Waals surface area (Å²) in [4.78, 5) is 6.96. The molecule has 1 heterocycles. The monoisotopic (exact) mass is 394 g/mol. The van der Waals surface area contributed by atoms with Crippen LogP contribution >= 0.6 is 11.6 Å². The van der Waals surface area contributed by atoms with Crippen molar-refractivity contribution in [1.29, 1.82) is 0 Å².